The fourth-order valence-electron chi connectivity index (χ4n) is 4.13. The maximum absolute atomic E-state index is 12.5. The van der Waals surface area contributed by atoms with Crippen molar-refractivity contribution in [2.75, 3.05) is 6.54 Å². The smallest absolute Gasteiger partial charge is 0.252 e. The summed E-state index contributed by atoms with van der Waals surface area (Å²) in [5.74, 6) is 0.203. The maximum Gasteiger partial charge on any atom is 0.252 e. The average molecular weight is 394 g/mol. The summed E-state index contributed by atoms with van der Waals surface area (Å²) in [6, 6.07) is 5.76. The van der Waals surface area contributed by atoms with Crippen LogP contribution in [0, 0.1) is 11.8 Å². The van der Waals surface area contributed by atoms with Gasteiger partial charge in [-0.3, -0.25) is 19.6 Å². The molecule has 2 aromatic heterocycles. The largest absolute Gasteiger partial charge is 0.390 e. The highest BCUT2D eigenvalue weighted by molar-refractivity contribution is 5.95. The molecule has 7 heteroatoms. The molecule has 7 nitrogen and oxygen atoms in total. The number of nitrogens with zero attached hydrogens (tertiary/aromatic N) is 2. The van der Waals surface area contributed by atoms with Crippen LogP contribution in [0.3, 0.4) is 0 Å². The van der Waals surface area contributed by atoms with Crippen molar-refractivity contribution in [2.45, 2.75) is 44.2 Å². The van der Waals surface area contributed by atoms with Gasteiger partial charge in [0.15, 0.2) is 0 Å². The molecule has 152 valence electrons. The maximum atomic E-state index is 12.5. The molecule has 2 aliphatic carbocycles. The molecule has 4 rings (SSSR count). The second-order valence-electron chi connectivity index (χ2n) is 8.55. The SMILES string of the molecule is CC1(O)CC(C(=O)NC2CC(CNC(=O)c3cncc(-c4ccncc4)c3)C2)C1. The molecule has 0 radical (unpaired) electrons. The number of hydrogen-bond donors (Lipinski definition) is 3. The highest BCUT2D eigenvalue weighted by atomic mass is 16.3. The summed E-state index contributed by atoms with van der Waals surface area (Å²) >= 11 is 0. The molecule has 0 atom stereocenters. The van der Waals surface area contributed by atoms with E-state index < -0.39 is 5.60 Å². The Bertz CT molecular complexity index is 886. The van der Waals surface area contributed by atoms with E-state index in [1.165, 1.54) is 0 Å². The van der Waals surface area contributed by atoms with E-state index >= 15 is 0 Å². The van der Waals surface area contributed by atoms with Crippen LogP contribution in [0.5, 0.6) is 0 Å². The minimum Gasteiger partial charge on any atom is -0.390 e. The van der Waals surface area contributed by atoms with Gasteiger partial charge >= 0.3 is 0 Å². The molecule has 0 spiro atoms. The second kappa shape index (κ2) is 7.91. The van der Waals surface area contributed by atoms with E-state index in [4.69, 9.17) is 0 Å². The summed E-state index contributed by atoms with van der Waals surface area (Å²) in [6.07, 6.45) is 9.52. The number of hydrogen-bond acceptors (Lipinski definition) is 5. The molecule has 0 saturated heterocycles. The van der Waals surface area contributed by atoms with Crippen LogP contribution in [0.15, 0.2) is 43.0 Å². The minimum atomic E-state index is -0.683. The predicted octanol–water partition coefficient (Wildman–Crippen LogP) is 1.93. The zero-order valence-corrected chi connectivity index (χ0v) is 16.5. The normalized spacial score (nSPS) is 28.0. The Balaban J connectivity index is 1.21. The van der Waals surface area contributed by atoms with E-state index in [2.05, 4.69) is 20.6 Å². The number of carbonyl (C=O) groups excluding carboxylic acids is 2. The lowest BCUT2D eigenvalue weighted by Gasteiger charge is -2.42. The third-order valence-corrected chi connectivity index (χ3v) is 5.89. The first kappa shape index (κ1) is 19.5. The Hall–Kier alpha value is -2.80. The first-order chi connectivity index (χ1) is 13.9. The van der Waals surface area contributed by atoms with Gasteiger partial charge in [-0.05, 0) is 62.3 Å². The van der Waals surface area contributed by atoms with Gasteiger partial charge in [0.05, 0.1) is 11.2 Å². The van der Waals surface area contributed by atoms with Crippen LogP contribution >= 0.6 is 0 Å². The molecule has 2 saturated carbocycles. The van der Waals surface area contributed by atoms with Crippen molar-refractivity contribution in [2.24, 2.45) is 11.8 Å². The molecule has 2 heterocycles. The molecule has 2 fully saturated rings. The highest BCUT2D eigenvalue weighted by Crippen LogP contribution is 2.38. The van der Waals surface area contributed by atoms with Gasteiger partial charge in [-0.1, -0.05) is 0 Å². The summed E-state index contributed by atoms with van der Waals surface area (Å²) in [4.78, 5) is 32.8. The summed E-state index contributed by atoms with van der Waals surface area (Å²) in [7, 11) is 0. The Morgan fingerprint density at radius 2 is 1.86 bits per heavy atom. The van der Waals surface area contributed by atoms with E-state index in [0.29, 0.717) is 30.9 Å². The summed E-state index contributed by atoms with van der Waals surface area (Å²) < 4.78 is 0. The van der Waals surface area contributed by atoms with Crippen molar-refractivity contribution in [3.63, 3.8) is 0 Å². The fraction of sp³-hybridized carbons (Fsp3) is 0.455. The van der Waals surface area contributed by atoms with E-state index in [1.807, 2.05) is 18.2 Å². The van der Waals surface area contributed by atoms with Crippen molar-refractivity contribution in [1.29, 1.82) is 0 Å². The van der Waals surface area contributed by atoms with Crippen molar-refractivity contribution < 1.29 is 14.7 Å². The van der Waals surface area contributed by atoms with Gasteiger partial charge in [-0.15, -0.1) is 0 Å². The Labute approximate surface area is 170 Å². The van der Waals surface area contributed by atoms with Gasteiger partial charge in [0.2, 0.25) is 5.91 Å². The summed E-state index contributed by atoms with van der Waals surface area (Å²) in [6.45, 7) is 2.35. The number of nitrogens with one attached hydrogen (secondary N) is 2. The molecule has 0 bridgehead atoms. The van der Waals surface area contributed by atoms with Crippen LogP contribution in [-0.2, 0) is 4.79 Å². The quantitative estimate of drug-likeness (QED) is 0.694. The first-order valence-corrected chi connectivity index (χ1v) is 10.1. The topological polar surface area (TPSA) is 104 Å². The van der Waals surface area contributed by atoms with Crippen LogP contribution in [-0.4, -0.2) is 45.1 Å². The minimum absolute atomic E-state index is 0.0445. The second-order valence-corrected chi connectivity index (χ2v) is 8.55. The predicted molar refractivity (Wildman–Crippen MR) is 108 cm³/mol. The number of aliphatic hydroxyl groups is 1. The summed E-state index contributed by atoms with van der Waals surface area (Å²) in [5.41, 5.74) is 1.69. The highest BCUT2D eigenvalue weighted by Gasteiger charge is 2.43. The lowest BCUT2D eigenvalue weighted by molar-refractivity contribution is -0.140. The fourth-order valence-corrected chi connectivity index (χ4v) is 4.13. The van der Waals surface area contributed by atoms with Gasteiger partial charge in [0.25, 0.3) is 5.91 Å². The number of amides is 2. The van der Waals surface area contributed by atoms with E-state index in [-0.39, 0.29) is 23.8 Å². The number of pyridine rings is 2. The molecule has 0 unspecified atom stereocenters. The molecule has 2 aliphatic rings. The van der Waals surface area contributed by atoms with Crippen molar-refractivity contribution >= 4 is 11.8 Å². The van der Waals surface area contributed by atoms with E-state index in [9.17, 15) is 14.7 Å². The van der Waals surface area contributed by atoms with Crippen molar-refractivity contribution in [1.82, 2.24) is 20.6 Å². The van der Waals surface area contributed by atoms with Gasteiger partial charge in [0, 0.05) is 48.9 Å². The summed E-state index contributed by atoms with van der Waals surface area (Å²) in [5, 5.41) is 15.8. The average Bonchev–Trinajstić information content (AvgIpc) is 2.68. The van der Waals surface area contributed by atoms with Crippen molar-refractivity contribution in [3.8, 4) is 11.1 Å². The first-order valence-electron chi connectivity index (χ1n) is 10.1. The Morgan fingerprint density at radius 1 is 1.14 bits per heavy atom. The third kappa shape index (κ3) is 4.62. The van der Waals surface area contributed by atoms with Gasteiger partial charge in [-0.25, -0.2) is 0 Å². The Kier molecular flexibility index (Phi) is 5.32. The van der Waals surface area contributed by atoms with Gasteiger partial charge in [0.1, 0.15) is 0 Å². The standard InChI is InChI=1S/C22H26N4O3/c1-22(29)9-18(10-22)21(28)26-19-6-14(7-19)11-25-20(27)17-8-16(12-24-13-17)15-2-4-23-5-3-15/h2-5,8,12-14,18-19,29H,6-7,9-11H2,1H3,(H,25,27)(H,26,28). The zero-order valence-electron chi connectivity index (χ0n) is 16.5. The lowest BCUT2D eigenvalue weighted by Crippen LogP contribution is -2.53. The van der Waals surface area contributed by atoms with E-state index in [0.717, 1.165) is 24.0 Å². The molecular weight excluding hydrogens is 368 g/mol. The van der Waals surface area contributed by atoms with Crippen LogP contribution in [0.25, 0.3) is 11.1 Å². The lowest BCUT2D eigenvalue weighted by atomic mass is 9.71. The molecule has 2 amide bonds. The number of carbonyl (C=O) groups is 2. The van der Waals surface area contributed by atoms with Crippen molar-refractivity contribution in [3.05, 3.63) is 48.5 Å². The molecule has 3 N–H and O–H groups in total. The van der Waals surface area contributed by atoms with Gasteiger partial charge < -0.3 is 15.7 Å². The van der Waals surface area contributed by atoms with Crippen LogP contribution < -0.4 is 10.6 Å². The molecule has 0 aliphatic heterocycles. The molecule has 0 aromatic carbocycles. The van der Waals surface area contributed by atoms with Crippen LogP contribution in [0.4, 0.5) is 0 Å². The molecule has 2 aromatic rings. The third-order valence-electron chi connectivity index (χ3n) is 5.89. The van der Waals surface area contributed by atoms with Crippen LogP contribution in [0.2, 0.25) is 0 Å². The number of aromatic nitrogens is 2. The van der Waals surface area contributed by atoms with Gasteiger partial charge in [-0.2, -0.15) is 0 Å². The zero-order chi connectivity index (χ0) is 20.4. The molecular formula is C22H26N4O3. The van der Waals surface area contributed by atoms with E-state index in [1.54, 1.807) is 31.7 Å². The monoisotopic (exact) mass is 394 g/mol. The Morgan fingerprint density at radius 3 is 2.55 bits per heavy atom. The van der Waals surface area contributed by atoms with Crippen LogP contribution in [0.1, 0.15) is 43.0 Å². The number of rotatable bonds is 6. The molecule has 29 heavy (non-hydrogen) atoms.